The number of nitrogens with zero attached hydrogens (tertiary/aromatic N) is 1. The summed E-state index contributed by atoms with van der Waals surface area (Å²) in [6, 6.07) is 0.408. The number of methoxy groups -OCH3 is 1. The van der Waals surface area contributed by atoms with Crippen LogP contribution in [-0.2, 0) is 9.53 Å². The largest absolute Gasteiger partial charge is 0.467 e. The van der Waals surface area contributed by atoms with Crippen LogP contribution in [0.4, 0.5) is 0 Å². The summed E-state index contributed by atoms with van der Waals surface area (Å²) in [7, 11) is 1.31. The molecule has 2 rings (SSSR count). The van der Waals surface area contributed by atoms with Gasteiger partial charge in [-0.15, -0.1) is 0 Å². The van der Waals surface area contributed by atoms with E-state index >= 15 is 0 Å². The molecule has 2 aliphatic rings. The lowest BCUT2D eigenvalue weighted by atomic mass is 9.95. The third-order valence-electron chi connectivity index (χ3n) is 4.19. The van der Waals surface area contributed by atoms with Crippen LogP contribution >= 0.6 is 0 Å². The molecule has 0 saturated carbocycles. The first kappa shape index (κ1) is 12.8. The van der Waals surface area contributed by atoms with E-state index in [4.69, 9.17) is 0 Å². The van der Waals surface area contributed by atoms with E-state index in [1.54, 1.807) is 0 Å². The van der Waals surface area contributed by atoms with Crippen LogP contribution in [0.25, 0.3) is 0 Å². The summed E-state index contributed by atoms with van der Waals surface area (Å²) in [5.74, 6) is 0.738. The van der Waals surface area contributed by atoms with Crippen molar-refractivity contribution in [2.75, 3.05) is 33.3 Å². The lowest BCUT2D eigenvalue weighted by molar-refractivity contribution is -0.162. The van der Waals surface area contributed by atoms with Gasteiger partial charge in [0.05, 0.1) is 7.11 Å². The van der Waals surface area contributed by atoms with Gasteiger partial charge in [-0.05, 0) is 38.8 Å². The number of ether oxygens (including phenoxy) is 1. The van der Waals surface area contributed by atoms with Crippen molar-refractivity contribution in [3.05, 3.63) is 0 Å². The van der Waals surface area contributed by atoms with Gasteiger partial charge in [-0.1, -0.05) is 0 Å². The molecule has 0 spiro atoms. The van der Waals surface area contributed by atoms with Crippen LogP contribution in [0.1, 0.15) is 13.8 Å². The molecule has 5 nitrogen and oxygen atoms in total. The molecular formula is C12H22N2O3. The molecule has 2 heterocycles. The third kappa shape index (κ3) is 2.32. The molecule has 4 atom stereocenters. The molecular weight excluding hydrogens is 220 g/mol. The van der Waals surface area contributed by atoms with Gasteiger partial charge in [0.15, 0.2) is 5.60 Å². The monoisotopic (exact) mass is 242 g/mol. The second-order valence-corrected chi connectivity index (χ2v) is 5.52. The number of nitrogens with one attached hydrogen (secondary N) is 1. The number of carbonyl (C=O) groups is 1. The van der Waals surface area contributed by atoms with E-state index in [-0.39, 0.29) is 0 Å². The van der Waals surface area contributed by atoms with E-state index in [0.29, 0.717) is 24.4 Å². The molecule has 17 heavy (non-hydrogen) atoms. The van der Waals surface area contributed by atoms with Gasteiger partial charge in [0.1, 0.15) is 0 Å². The van der Waals surface area contributed by atoms with Crippen molar-refractivity contribution in [3.63, 3.8) is 0 Å². The Kier molecular flexibility index (Phi) is 3.43. The van der Waals surface area contributed by atoms with Crippen molar-refractivity contribution in [3.8, 4) is 0 Å². The average Bonchev–Trinajstić information content (AvgIpc) is 2.82. The molecule has 0 aromatic heterocycles. The van der Waals surface area contributed by atoms with Gasteiger partial charge < -0.3 is 15.2 Å². The summed E-state index contributed by atoms with van der Waals surface area (Å²) in [6.07, 6.45) is 0. The van der Waals surface area contributed by atoms with E-state index in [9.17, 15) is 9.90 Å². The quantitative estimate of drug-likeness (QED) is 0.650. The number of aliphatic hydroxyl groups is 1. The highest BCUT2D eigenvalue weighted by molar-refractivity contribution is 5.78. The molecule has 2 saturated heterocycles. The summed E-state index contributed by atoms with van der Waals surface area (Å²) in [6.45, 7) is 7.09. The Hall–Kier alpha value is -0.650. The predicted molar refractivity (Wildman–Crippen MR) is 63.5 cm³/mol. The Labute approximate surface area is 102 Å². The predicted octanol–water partition coefficient (Wildman–Crippen LogP) is -0.550. The molecule has 0 aliphatic carbocycles. The maximum absolute atomic E-state index is 11.5. The molecule has 2 fully saturated rings. The van der Waals surface area contributed by atoms with Crippen LogP contribution in [0.3, 0.4) is 0 Å². The SMILES string of the molecule is COC(=O)C(C)(O)CN1CC2CNCC2C1C. The Bertz CT molecular complexity index is 306. The topological polar surface area (TPSA) is 61.8 Å². The zero-order valence-electron chi connectivity index (χ0n) is 10.8. The van der Waals surface area contributed by atoms with E-state index < -0.39 is 11.6 Å². The number of carbonyl (C=O) groups excluding carboxylic acids is 1. The number of rotatable bonds is 3. The van der Waals surface area contributed by atoms with Gasteiger partial charge in [-0.2, -0.15) is 0 Å². The summed E-state index contributed by atoms with van der Waals surface area (Å²) in [4.78, 5) is 13.7. The molecule has 5 heteroatoms. The van der Waals surface area contributed by atoms with Gasteiger partial charge in [-0.3, -0.25) is 4.90 Å². The first-order valence-electron chi connectivity index (χ1n) is 6.21. The first-order chi connectivity index (χ1) is 7.95. The van der Waals surface area contributed by atoms with Gasteiger partial charge in [-0.25, -0.2) is 4.79 Å². The lowest BCUT2D eigenvalue weighted by Gasteiger charge is -2.30. The van der Waals surface area contributed by atoms with E-state index in [1.165, 1.54) is 14.0 Å². The molecule has 0 radical (unpaired) electrons. The number of β-amino-alcohol motifs (C(OH)–C–C–N with tert-alkyl or cyclic N) is 1. The highest BCUT2D eigenvalue weighted by atomic mass is 16.5. The summed E-state index contributed by atoms with van der Waals surface area (Å²) < 4.78 is 4.63. The van der Waals surface area contributed by atoms with Crippen molar-refractivity contribution >= 4 is 5.97 Å². The van der Waals surface area contributed by atoms with Gasteiger partial charge in [0.25, 0.3) is 0 Å². The summed E-state index contributed by atoms with van der Waals surface area (Å²) in [5, 5.41) is 13.5. The van der Waals surface area contributed by atoms with Crippen LogP contribution in [0.5, 0.6) is 0 Å². The minimum Gasteiger partial charge on any atom is -0.467 e. The molecule has 2 aliphatic heterocycles. The summed E-state index contributed by atoms with van der Waals surface area (Å²) >= 11 is 0. The van der Waals surface area contributed by atoms with Crippen LogP contribution < -0.4 is 5.32 Å². The zero-order chi connectivity index (χ0) is 12.6. The van der Waals surface area contributed by atoms with Gasteiger partial charge in [0, 0.05) is 19.1 Å². The minimum atomic E-state index is -1.41. The molecule has 4 unspecified atom stereocenters. The van der Waals surface area contributed by atoms with Gasteiger partial charge in [0.2, 0.25) is 0 Å². The normalized spacial score (nSPS) is 36.6. The Morgan fingerprint density at radius 3 is 2.88 bits per heavy atom. The van der Waals surface area contributed by atoms with Crippen molar-refractivity contribution < 1.29 is 14.6 Å². The van der Waals surface area contributed by atoms with Crippen LogP contribution in [-0.4, -0.2) is 60.9 Å². The lowest BCUT2D eigenvalue weighted by Crippen LogP contribution is -2.49. The van der Waals surface area contributed by atoms with Crippen LogP contribution in [0, 0.1) is 11.8 Å². The number of hydrogen-bond donors (Lipinski definition) is 2. The smallest absolute Gasteiger partial charge is 0.338 e. The zero-order valence-corrected chi connectivity index (χ0v) is 10.8. The summed E-state index contributed by atoms with van der Waals surface area (Å²) in [5.41, 5.74) is -1.41. The van der Waals surface area contributed by atoms with Gasteiger partial charge >= 0.3 is 5.97 Å². The Balaban J connectivity index is 1.98. The fraction of sp³-hybridized carbons (Fsp3) is 0.917. The molecule has 0 bridgehead atoms. The van der Waals surface area contributed by atoms with Crippen molar-refractivity contribution in [2.45, 2.75) is 25.5 Å². The second-order valence-electron chi connectivity index (χ2n) is 5.52. The maximum Gasteiger partial charge on any atom is 0.338 e. The maximum atomic E-state index is 11.5. The number of fused-ring (bicyclic) bond motifs is 1. The second kappa shape index (κ2) is 4.55. The fourth-order valence-corrected chi connectivity index (χ4v) is 3.14. The fourth-order valence-electron chi connectivity index (χ4n) is 3.14. The van der Waals surface area contributed by atoms with E-state index in [1.807, 2.05) is 0 Å². The highest BCUT2D eigenvalue weighted by Gasteiger charge is 2.45. The Morgan fingerprint density at radius 2 is 2.29 bits per heavy atom. The van der Waals surface area contributed by atoms with Crippen LogP contribution in [0.15, 0.2) is 0 Å². The molecule has 0 amide bonds. The Morgan fingerprint density at radius 1 is 1.59 bits per heavy atom. The van der Waals surface area contributed by atoms with E-state index in [0.717, 1.165) is 19.6 Å². The highest BCUT2D eigenvalue weighted by Crippen LogP contribution is 2.33. The average molecular weight is 242 g/mol. The van der Waals surface area contributed by atoms with Crippen molar-refractivity contribution in [2.24, 2.45) is 11.8 Å². The molecule has 98 valence electrons. The van der Waals surface area contributed by atoms with Crippen LogP contribution in [0.2, 0.25) is 0 Å². The minimum absolute atomic E-state index is 0.355. The number of hydrogen-bond acceptors (Lipinski definition) is 5. The molecule has 2 N–H and O–H groups in total. The van der Waals surface area contributed by atoms with Crippen molar-refractivity contribution in [1.82, 2.24) is 10.2 Å². The first-order valence-corrected chi connectivity index (χ1v) is 6.21. The number of likely N-dealkylation sites (tertiary alicyclic amines) is 1. The number of esters is 1. The van der Waals surface area contributed by atoms with E-state index in [2.05, 4.69) is 21.9 Å². The molecule has 0 aromatic carbocycles. The molecule has 0 aromatic rings. The van der Waals surface area contributed by atoms with Crippen molar-refractivity contribution in [1.29, 1.82) is 0 Å². The third-order valence-corrected chi connectivity index (χ3v) is 4.19. The standard InChI is InChI=1S/C12H22N2O3/c1-8-10-5-13-4-9(10)6-14(8)7-12(2,16)11(15)17-3/h8-10,13,16H,4-7H2,1-3H3.